The van der Waals surface area contributed by atoms with Crippen molar-refractivity contribution in [2.45, 2.75) is 32.8 Å². The SMILES string of the molecule is Cc1nc(-c2onc(C)c2Nc2cncc(OC3CC3)n2)ccc1NC(=O)O. The molecule has 0 unspecified atom stereocenters. The zero-order chi connectivity index (χ0) is 19.7. The Morgan fingerprint density at radius 3 is 2.75 bits per heavy atom. The van der Waals surface area contributed by atoms with Crippen molar-refractivity contribution in [2.75, 3.05) is 10.6 Å². The molecule has 3 heterocycles. The van der Waals surface area contributed by atoms with Crippen molar-refractivity contribution < 1.29 is 19.2 Å². The van der Waals surface area contributed by atoms with E-state index < -0.39 is 6.09 Å². The Bertz CT molecular complexity index is 1030. The molecule has 3 aromatic heterocycles. The van der Waals surface area contributed by atoms with Crippen LogP contribution >= 0.6 is 0 Å². The van der Waals surface area contributed by atoms with Crippen LogP contribution in [0.15, 0.2) is 29.0 Å². The van der Waals surface area contributed by atoms with Gasteiger partial charge in [0.2, 0.25) is 11.6 Å². The molecule has 1 aliphatic carbocycles. The molecule has 4 rings (SSSR count). The first-order valence-corrected chi connectivity index (χ1v) is 8.69. The predicted octanol–water partition coefficient (Wildman–Crippen LogP) is 3.52. The molecule has 0 spiro atoms. The summed E-state index contributed by atoms with van der Waals surface area (Å²) in [4.78, 5) is 23.8. The van der Waals surface area contributed by atoms with Gasteiger partial charge in [0.15, 0.2) is 5.82 Å². The van der Waals surface area contributed by atoms with Gasteiger partial charge in [-0.15, -0.1) is 0 Å². The molecule has 1 aliphatic rings. The standard InChI is InChI=1S/C18H18N6O4/c1-9-12(21-18(25)26)5-6-13(20-9)17-16(10(2)24-28-17)23-14-7-19-8-15(22-14)27-11-3-4-11/h5-8,11,21H,3-4H2,1-2H3,(H,22,23)(H,25,26). The third-order valence-corrected chi connectivity index (χ3v) is 4.10. The lowest BCUT2D eigenvalue weighted by molar-refractivity contribution is 0.209. The van der Waals surface area contributed by atoms with Crippen molar-refractivity contribution in [2.24, 2.45) is 0 Å². The van der Waals surface area contributed by atoms with Gasteiger partial charge in [0.25, 0.3) is 0 Å². The largest absolute Gasteiger partial charge is 0.473 e. The first-order valence-electron chi connectivity index (χ1n) is 8.69. The fraction of sp³-hybridized carbons (Fsp3) is 0.278. The van der Waals surface area contributed by atoms with Crippen LogP contribution in [0.2, 0.25) is 0 Å². The van der Waals surface area contributed by atoms with E-state index in [-0.39, 0.29) is 6.10 Å². The highest BCUT2D eigenvalue weighted by Crippen LogP contribution is 2.33. The summed E-state index contributed by atoms with van der Waals surface area (Å²) in [6, 6.07) is 3.28. The fourth-order valence-electron chi connectivity index (χ4n) is 2.58. The molecular weight excluding hydrogens is 364 g/mol. The van der Waals surface area contributed by atoms with Gasteiger partial charge in [-0.1, -0.05) is 5.16 Å². The van der Waals surface area contributed by atoms with E-state index in [0.29, 0.717) is 45.9 Å². The van der Waals surface area contributed by atoms with Gasteiger partial charge in [-0.3, -0.25) is 10.3 Å². The Morgan fingerprint density at radius 1 is 1.21 bits per heavy atom. The summed E-state index contributed by atoms with van der Waals surface area (Å²) in [6.07, 6.45) is 4.29. The predicted molar refractivity (Wildman–Crippen MR) is 99.8 cm³/mol. The van der Waals surface area contributed by atoms with Crippen molar-refractivity contribution in [1.82, 2.24) is 20.1 Å². The maximum Gasteiger partial charge on any atom is 0.409 e. The summed E-state index contributed by atoms with van der Waals surface area (Å²) in [7, 11) is 0. The van der Waals surface area contributed by atoms with E-state index in [1.54, 1.807) is 38.4 Å². The number of aromatic nitrogens is 4. The minimum Gasteiger partial charge on any atom is -0.473 e. The van der Waals surface area contributed by atoms with Crippen LogP contribution in [-0.4, -0.2) is 37.4 Å². The first-order chi connectivity index (χ1) is 13.5. The highest BCUT2D eigenvalue weighted by molar-refractivity contribution is 5.84. The molecule has 0 bridgehead atoms. The zero-order valence-electron chi connectivity index (χ0n) is 15.3. The molecule has 10 heteroatoms. The number of amides is 1. The number of aryl methyl sites for hydroxylation is 2. The molecule has 1 saturated carbocycles. The summed E-state index contributed by atoms with van der Waals surface area (Å²) >= 11 is 0. The maximum absolute atomic E-state index is 10.8. The summed E-state index contributed by atoms with van der Waals surface area (Å²) in [5, 5.41) is 18.3. The molecule has 0 radical (unpaired) electrons. The van der Waals surface area contributed by atoms with Crippen molar-refractivity contribution >= 4 is 23.3 Å². The van der Waals surface area contributed by atoms with E-state index in [4.69, 9.17) is 14.4 Å². The second-order valence-electron chi connectivity index (χ2n) is 6.42. The van der Waals surface area contributed by atoms with Crippen LogP contribution < -0.4 is 15.4 Å². The van der Waals surface area contributed by atoms with Crippen molar-refractivity contribution in [1.29, 1.82) is 0 Å². The summed E-state index contributed by atoms with van der Waals surface area (Å²) in [5.41, 5.74) is 2.65. The number of pyridine rings is 1. The number of ether oxygens (including phenoxy) is 1. The topological polar surface area (TPSA) is 135 Å². The van der Waals surface area contributed by atoms with E-state index in [9.17, 15) is 4.79 Å². The van der Waals surface area contributed by atoms with Crippen LogP contribution in [-0.2, 0) is 0 Å². The number of carbonyl (C=O) groups is 1. The van der Waals surface area contributed by atoms with Gasteiger partial charge in [0.1, 0.15) is 23.2 Å². The molecule has 0 atom stereocenters. The molecule has 1 amide bonds. The van der Waals surface area contributed by atoms with Gasteiger partial charge in [0.05, 0.1) is 23.8 Å². The minimum absolute atomic E-state index is 0.225. The molecule has 0 aromatic carbocycles. The third kappa shape index (κ3) is 3.85. The number of hydrogen-bond donors (Lipinski definition) is 3. The monoisotopic (exact) mass is 382 g/mol. The molecule has 3 aromatic rings. The summed E-state index contributed by atoms with van der Waals surface area (Å²) < 4.78 is 11.1. The second kappa shape index (κ2) is 7.14. The normalized spacial score (nSPS) is 13.2. The van der Waals surface area contributed by atoms with Gasteiger partial charge in [0, 0.05) is 0 Å². The van der Waals surface area contributed by atoms with Gasteiger partial charge < -0.3 is 19.7 Å². The van der Waals surface area contributed by atoms with Crippen molar-refractivity contribution in [3.63, 3.8) is 0 Å². The Hall–Kier alpha value is -3.69. The lowest BCUT2D eigenvalue weighted by Gasteiger charge is -2.09. The lowest BCUT2D eigenvalue weighted by atomic mass is 10.2. The third-order valence-electron chi connectivity index (χ3n) is 4.10. The lowest BCUT2D eigenvalue weighted by Crippen LogP contribution is -2.09. The van der Waals surface area contributed by atoms with Crippen molar-refractivity contribution in [3.05, 3.63) is 35.9 Å². The fourth-order valence-corrected chi connectivity index (χ4v) is 2.58. The Labute approximate surface area is 160 Å². The molecule has 0 saturated heterocycles. The van der Waals surface area contributed by atoms with Gasteiger partial charge >= 0.3 is 6.09 Å². The van der Waals surface area contributed by atoms with E-state index in [1.807, 2.05) is 0 Å². The number of nitrogens with one attached hydrogen (secondary N) is 2. The highest BCUT2D eigenvalue weighted by atomic mass is 16.5. The molecule has 0 aliphatic heterocycles. The highest BCUT2D eigenvalue weighted by Gasteiger charge is 2.24. The van der Waals surface area contributed by atoms with Gasteiger partial charge in [-0.2, -0.15) is 4.98 Å². The van der Waals surface area contributed by atoms with Crippen LogP contribution in [0.4, 0.5) is 22.0 Å². The Balaban J connectivity index is 1.61. The van der Waals surface area contributed by atoms with E-state index in [2.05, 4.69) is 30.7 Å². The van der Waals surface area contributed by atoms with E-state index in [0.717, 1.165) is 12.8 Å². The first kappa shape index (κ1) is 17.7. The number of rotatable bonds is 6. The maximum atomic E-state index is 10.8. The van der Waals surface area contributed by atoms with Crippen LogP contribution in [0.5, 0.6) is 5.88 Å². The average Bonchev–Trinajstić information content (AvgIpc) is 3.39. The minimum atomic E-state index is -1.15. The van der Waals surface area contributed by atoms with Crippen molar-refractivity contribution in [3.8, 4) is 17.3 Å². The number of nitrogens with zero attached hydrogens (tertiary/aromatic N) is 4. The number of carboxylic acid groups (broad SMARTS) is 1. The van der Waals surface area contributed by atoms with Crippen LogP contribution in [0.1, 0.15) is 24.2 Å². The van der Waals surface area contributed by atoms with Gasteiger partial charge in [-0.05, 0) is 38.8 Å². The molecule has 28 heavy (non-hydrogen) atoms. The molecule has 144 valence electrons. The second-order valence-corrected chi connectivity index (χ2v) is 6.42. The Kier molecular flexibility index (Phi) is 4.52. The molecular formula is C18H18N6O4. The van der Waals surface area contributed by atoms with Crippen LogP contribution in [0, 0.1) is 13.8 Å². The summed E-state index contributed by atoms with van der Waals surface area (Å²) in [6.45, 7) is 3.50. The van der Waals surface area contributed by atoms with E-state index >= 15 is 0 Å². The molecule has 3 N–H and O–H groups in total. The van der Waals surface area contributed by atoms with Crippen LogP contribution in [0.3, 0.4) is 0 Å². The average molecular weight is 382 g/mol. The zero-order valence-corrected chi connectivity index (χ0v) is 15.3. The quantitative estimate of drug-likeness (QED) is 0.585. The smallest absolute Gasteiger partial charge is 0.409 e. The van der Waals surface area contributed by atoms with Crippen LogP contribution in [0.25, 0.3) is 11.5 Å². The van der Waals surface area contributed by atoms with E-state index in [1.165, 1.54) is 0 Å². The van der Waals surface area contributed by atoms with Gasteiger partial charge in [-0.25, -0.2) is 9.78 Å². The summed E-state index contributed by atoms with van der Waals surface area (Å²) in [5.74, 6) is 1.37. The Morgan fingerprint density at radius 2 is 2.04 bits per heavy atom. The molecule has 10 nitrogen and oxygen atoms in total. The molecule has 1 fully saturated rings. The number of anilines is 3. The number of hydrogen-bond acceptors (Lipinski definition) is 8.